The van der Waals surface area contributed by atoms with Crippen LogP contribution in [0, 0.1) is 5.92 Å². The van der Waals surface area contributed by atoms with Crippen molar-refractivity contribution >= 4 is 11.9 Å². The van der Waals surface area contributed by atoms with Crippen LogP contribution in [0.5, 0.6) is 0 Å². The van der Waals surface area contributed by atoms with E-state index in [0.29, 0.717) is 6.42 Å². The van der Waals surface area contributed by atoms with Crippen LogP contribution in [-0.4, -0.2) is 23.0 Å². The molecule has 0 unspecified atom stereocenters. The fourth-order valence-electron chi connectivity index (χ4n) is 2.96. The number of carbonyl (C=O) groups excluding carboxylic acids is 1. The molecule has 0 saturated heterocycles. The van der Waals surface area contributed by atoms with Crippen LogP contribution in [0.2, 0.25) is 0 Å². The third-order valence-electron chi connectivity index (χ3n) is 4.68. The van der Waals surface area contributed by atoms with Gasteiger partial charge in [0.25, 0.3) is 0 Å². The summed E-state index contributed by atoms with van der Waals surface area (Å²) in [5, 5.41) is 11.6. The van der Waals surface area contributed by atoms with E-state index in [1.165, 1.54) is 51.0 Å². The first-order chi connectivity index (χ1) is 15.5. The SMILES string of the molecule is CCCCCCCCCC=CC=CC=CC=CC=CC=CC(=O)N[C@@H](CC(C)C)C(=O)O. The quantitative estimate of drug-likeness (QED) is 0.136. The van der Waals surface area contributed by atoms with Crippen molar-refractivity contribution in [3.8, 4) is 0 Å². The Kier molecular flexibility index (Phi) is 19.8. The summed E-state index contributed by atoms with van der Waals surface area (Å²) in [5.74, 6) is -1.22. The Bertz CT molecular complexity index is 666. The fraction of sp³-hybridized carbons (Fsp3) is 0.500. The van der Waals surface area contributed by atoms with Gasteiger partial charge in [-0.2, -0.15) is 0 Å². The molecular weight excluding hydrogens is 398 g/mol. The fourth-order valence-corrected chi connectivity index (χ4v) is 2.96. The van der Waals surface area contributed by atoms with Crippen molar-refractivity contribution < 1.29 is 14.7 Å². The number of unbranched alkanes of at least 4 members (excludes halogenated alkanes) is 7. The molecule has 2 N–H and O–H groups in total. The first-order valence-electron chi connectivity index (χ1n) is 12.0. The number of amides is 1. The Morgan fingerprint density at radius 3 is 1.78 bits per heavy atom. The van der Waals surface area contributed by atoms with E-state index in [0.717, 1.165) is 6.42 Å². The van der Waals surface area contributed by atoms with Crippen molar-refractivity contribution in [2.75, 3.05) is 0 Å². The highest BCUT2D eigenvalue weighted by Crippen LogP contribution is 2.08. The second kappa shape index (κ2) is 21.6. The standard InChI is InChI=1S/C28H43NO3/c1-4-5-6-7-8-9-10-11-12-13-14-15-16-17-18-19-20-21-22-23-27(30)29-26(28(31)32)24-25(2)3/h12-23,25-26H,4-11,24H2,1-3H3,(H,29,30)(H,31,32)/t26-/m0/s1. The van der Waals surface area contributed by atoms with Crippen LogP contribution in [0.15, 0.2) is 72.9 Å². The summed E-state index contributed by atoms with van der Waals surface area (Å²) in [6.45, 7) is 6.10. The van der Waals surface area contributed by atoms with Gasteiger partial charge < -0.3 is 10.4 Å². The van der Waals surface area contributed by atoms with Crippen molar-refractivity contribution in [3.63, 3.8) is 0 Å². The van der Waals surface area contributed by atoms with Crippen LogP contribution in [-0.2, 0) is 9.59 Å². The Hall–Kier alpha value is -2.62. The van der Waals surface area contributed by atoms with Crippen LogP contribution in [0.1, 0.15) is 78.6 Å². The third-order valence-corrected chi connectivity index (χ3v) is 4.68. The maximum atomic E-state index is 11.8. The largest absolute Gasteiger partial charge is 0.480 e. The lowest BCUT2D eigenvalue weighted by Crippen LogP contribution is -2.40. The average Bonchev–Trinajstić information content (AvgIpc) is 2.74. The minimum atomic E-state index is -1.01. The van der Waals surface area contributed by atoms with E-state index in [-0.39, 0.29) is 5.92 Å². The molecule has 0 aromatic rings. The zero-order valence-corrected chi connectivity index (χ0v) is 20.2. The van der Waals surface area contributed by atoms with Gasteiger partial charge in [-0.05, 0) is 25.2 Å². The van der Waals surface area contributed by atoms with Crippen molar-refractivity contribution in [3.05, 3.63) is 72.9 Å². The maximum absolute atomic E-state index is 11.8. The van der Waals surface area contributed by atoms with Gasteiger partial charge >= 0.3 is 5.97 Å². The minimum Gasteiger partial charge on any atom is -0.480 e. The zero-order valence-electron chi connectivity index (χ0n) is 20.2. The molecule has 32 heavy (non-hydrogen) atoms. The van der Waals surface area contributed by atoms with Gasteiger partial charge in [0.2, 0.25) is 5.91 Å². The Morgan fingerprint density at radius 1 is 0.750 bits per heavy atom. The molecule has 178 valence electrons. The second-order valence-corrected chi connectivity index (χ2v) is 8.27. The van der Waals surface area contributed by atoms with Crippen LogP contribution in [0.3, 0.4) is 0 Å². The lowest BCUT2D eigenvalue weighted by atomic mass is 10.0. The maximum Gasteiger partial charge on any atom is 0.326 e. The number of carboxylic acid groups (broad SMARTS) is 1. The zero-order chi connectivity index (χ0) is 23.9. The smallest absolute Gasteiger partial charge is 0.326 e. The highest BCUT2D eigenvalue weighted by Gasteiger charge is 2.19. The number of allylic oxidation sites excluding steroid dienone is 11. The van der Waals surface area contributed by atoms with Crippen LogP contribution >= 0.6 is 0 Å². The molecule has 0 aliphatic rings. The molecule has 0 heterocycles. The van der Waals surface area contributed by atoms with Gasteiger partial charge in [0.15, 0.2) is 0 Å². The predicted octanol–water partition coefficient (Wildman–Crippen LogP) is 7.08. The number of rotatable bonds is 18. The van der Waals surface area contributed by atoms with Crippen molar-refractivity contribution in [1.29, 1.82) is 0 Å². The summed E-state index contributed by atoms with van der Waals surface area (Å²) < 4.78 is 0. The molecule has 0 radical (unpaired) electrons. The Morgan fingerprint density at radius 2 is 1.25 bits per heavy atom. The Labute approximate surface area is 195 Å². The van der Waals surface area contributed by atoms with Crippen molar-refractivity contribution in [2.45, 2.75) is 84.6 Å². The number of carboxylic acids is 1. The van der Waals surface area contributed by atoms with Gasteiger partial charge in [-0.15, -0.1) is 0 Å². The van der Waals surface area contributed by atoms with Gasteiger partial charge in [0.1, 0.15) is 6.04 Å². The summed E-state index contributed by atoms with van der Waals surface area (Å²) in [6.07, 6.45) is 33.4. The molecule has 0 saturated carbocycles. The van der Waals surface area contributed by atoms with Crippen molar-refractivity contribution in [2.24, 2.45) is 5.92 Å². The molecular formula is C28H43NO3. The van der Waals surface area contributed by atoms with Gasteiger partial charge in [0, 0.05) is 6.08 Å². The van der Waals surface area contributed by atoms with E-state index in [1.54, 1.807) is 12.2 Å². The average molecular weight is 442 g/mol. The first kappa shape index (κ1) is 29.4. The van der Waals surface area contributed by atoms with Crippen molar-refractivity contribution in [1.82, 2.24) is 5.32 Å². The van der Waals surface area contributed by atoms with E-state index in [2.05, 4.69) is 24.4 Å². The first-order valence-corrected chi connectivity index (χ1v) is 12.0. The molecule has 1 atom stereocenters. The Balaban J connectivity index is 3.95. The summed E-state index contributed by atoms with van der Waals surface area (Å²) in [6, 6.07) is -0.857. The molecule has 0 spiro atoms. The van der Waals surface area contributed by atoms with Gasteiger partial charge in [0.05, 0.1) is 0 Å². The number of nitrogens with one attached hydrogen (secondary N) is 1. The molecule has 0 aromatic heterocycles. The molecule has 1 amide bonds. The monoisotopic (exact) mass is 441 g/mol. The van der Waals surface area contributed by atoms with Crippen LogP contribution in [0.4, 0.5) is 0 Å². The number of hydrogen-bond acceptors (Lipinski definition) is 2. The topological polar surface area (TPSA) is 66.4 Å². The number of aliphatic carboxylic acids is 1. The summed E-state index contributed by atoms with van der Waals surface area (Å²) in [5.41, 5.74) is 0. The molecule has 0 aromatic carbocycles. The third kappa shape index (κ3) is 20.6. The van der Waals surface area contributed by atoms with Gasteiger partial charge in [-0.25, -0.2) is 4.79 Å². The lowest BCUT2D eigenvalue weighted by molar-refractivity contribution is -0.141. The summed E-state index contributed by atoms with van der Waals surface area (Å²) in [4.78, 5) is 22.9. The molecule has 4 nitrogen and oxygen atoms in total. The second-order valence-electron chi connectivity index (χ2n) is 8.27. The van der Waals surface area contributed by atoms with Crippen LogP contribution < -0.4 is 5.32 Å². The molecule has 0 aliphatic heterocycles. The van der Waals surface area contributed by atoms with E-state index < -0.39 is 17.9 Å². The molecule has 0 bridgehead atoms. The number of carbonyl (C=O) groups is 2. The van der Waals surface area contributed by atoms with E-state index in [9.17, 15) is 9.59 Å². The summed E-state index contributed by atoms with van der Waals surface area (Å²) in [7, 11) is 0. The highest BCUT2D eigenvalue weighted by molar-refractivity contribution is 5.91. The molecule has 0 rings (SSSR count). The highest BCUT2D eigenvalue weighted by atomic mass is 16.4. The predicted molar refractivity (Wildman–Crippen MR) is 136 cm³/mol. The van der Waals surface area contributed by atoms with Gasteiger partial charge in [-0.1, -0.05) is 126 Å². The van der Waals surface area contributed by atoms with E-state index in [1.807, 2.05) is 56.4 Å². The minimum absolute atomic E-state index is 0.194. The molecule has 0 fully saturated rings. The van der Waals surface area contributed by atoms with E-state index in [4.69, 9.17) is 5.11 Å². The molecule has 4 heteroatoms. The van der Waals surface area contributed by atoms with Crippen LogP contribution in [0.25, 0.3) is 0 Å². The molecule has 0 aliphatic carbocycles. The van der Waals surface area contributed by atoms with Gasteiger partial charge in [-0.3, -0.25) is 4.79 Å². The number of hydrogen-bond donors (Lipinski definition) is 2. The normalized spacial score (nSPS) is 13.8. The lowest BCUT2D eigenvalue weighted by Gasteiger charge is -2.15. The van der Waals surface area contributed by atoms with E-state index >= 15 is 0 Å². The summed E-state index contributed by atoms with van der Waals surface area (Å²) >= 11 is 0.